The van der Waals surface area contributed by atoms with E-state index in [4.69, 9.17) is 0 Å². The largest absolute Gasteiger partial charge is 0.356 e. The Balaban J connectivity index is 0.00000200. The molecule has 0 radical (unpaired) electrons. The number of nitrogens with one attached hydrogen (secondary N) is 2. The summed E-state index contributed by atoms with van der Waals surface area (Å²) >= 11 is 3.23. The smallest absolute Gasteiger partial charge is 0.224 e. The molecule has 1 aliphatic heterocycles. The van der Waals surface area contributed by atoms with E-state index in [1.165, 1.54) is 6.07 Å². The van der Waals surface area contributed by atoms with Gasteiger partial charge in [-0.3, -0.25) is 4.79 Å². The van der Waals surface area contributed by atoms with Gasteiger partial charge >= 0.3 is 0 Å². The molecule has 2 rings (SSSR count). The standard InChI is InChI=1S/C14H18BrFN2O.ClH/c15-12-4-3-10(13(16)8-12)2-1-6-18-14(19)11-5-7-17-9-11;/h3-4,8,11,17H,1-2,5-7,9H2,(H,18,19);1H. The monoisotopic (exact) mass is 364 g/mol. The molecule has 0 aliphatic carbocycles. The number of rotatable bonds is 5. The van der Waals surface area contributed by atoms with Crippen LogP contribution >= 0.6 is 28.3 Å². The maximum atomic E-state index is 13.6. The number of hydrogen-bond donors (Lipinski definition) is 2. The maximum absolute atomic E-state index is 13.6. The number of amides is 1. The van der Waals surface area contributed by atoms with Gasteiger partial charge in [-0.1, -0.05) is 22.0 Å². The summed E-state index contributed by atoms with van der Waals surface area (Å²) in [6, 6.07) is 5.08. The summed E-state index contributed by atoms with van der Waals surface area (Å²) in [6.45, 7) is 2.29. The minimum Gasteiger partial charge on any atom is -0.356 e. The molecule has 20 heavy (non-hydrogen) atoms. The Labute approximate surface area is 133 Å². The first kappa shape index (κ1) is 17.4. The molecule has 6 heteroatoms. The Bertz CT molecular complexity index is 453. The quantitative estimate of drug-likeness (QED) is 0.788. The molecule has 1 saturated heterocycles. The Morgan fingerprint density at radius 2 is 2.30 bits per heavy atom. The van der Waals surface area contributed by atoms with E-state index in [-0.39, 0.29) is 30.0 Å². The van der Waals surface area contributed by atoms with Crippen molar-refractivity contribution in [2.75, 3.05) is 19.6 Å². The second-order valence-electron chi connectivity index (χ2n) is 4.82. The van der Waals surface area contributed by atoms with E-state index in [9.17, 15) is 9.18 Å². The minimum atomic E-state index is -0.194. The number of benzene rings is 1. The lowest BCUT2D eigenvalue weighted by atomic mass is 10.1. The molecule has 112 valence electrons. The molecule has 0 bridgehead atoms. The van der Waals surface area contributed by atoms with E-state index in [1.54, 1.807) is 6.07 Å². The molecular weight excluding hydrogens is 347 g/mol. The van der Waals surface area contributed by atoms with Crippen LogP contribution in [0.15, 0.2) is 22.7 Å². The second-order valence-corrected chi connectivity index (χ2v) is 5.74. The molecule has 0 spiro atoms. The summed E-state index contributed by atoms with van der Waals surface area (Å²) in [5, 5.41) is 6.08. The molecule has 0 saturated carbocycles. The van der Waals surface area contributed by atoms with E-state index in [0.29, 0.717) is 18.5 Å². The van der Waals surface area contributed by atoms with Crippen LogP contribution in [-0.2, 0) is 11.2 Å². The van der Waals surface area contributed by atoms with Crippen LogP contribution in [0.4, 0.5) is 4.39 Å². The molecular formula is C14H19BrClFN2O. The Morgan fingerprint density at radius 3 is 2.95 bits per heavy atom. The Hall–Kier alpha value is -0.650. The van der Waals surface area contributed by atoms with Crippen molar-refractivity contribution >= 4 is 34.2 Å². The molecule has 1 aromatic rings. The molecule has 1 aromatic carbocycles. The summed E-state index contributed by atoms with van der Waals surface area (Å²) in [5.74, 6) is 0.0198. The van der Waals surface area contributed by atoms with Crippen molar-refractivity contribution in [3.63, 3.8) is 0 Å². The Kier molecular flexibility index (Phi) is 7.48. The summed E-state index contributed by atoms with van der Waals surface area (Å²) < 4.78 is 14.3. The minimum absolute atomic E-state index is 0. The van der Waals surface area contributed by atoms with Crippen molar-refractivity contribution < 1.29 is 9.18 Å². The van der Waals surface area contributed by atoms with Gasteiger partial charge in [-0.15, -0.1) is 12.4 Å². The highest BCUT2D eigenvalue weighted by atomic mass is 79.9. The van der Waals surface area contributed by atoms with E-state index in [1.807, 2.05) is 6.07 Å². The zero-order chi connectivity index (χ0) is 13.7. The summed E-state index contributed by atoms with van der Waals surface area (Å²) in [4.78, 5) is 11.7. The number of carbonyl (C=O) groups excluding carboxylic acids is 1. The first-order chi connectivity index (χ1) is 9.16. The molecule has 0 aromatic heterocycles. The van der Waals surface area contributed by atoms with Crippen LogP contribution in [0, 0.1) is 11.7 Å². The summed E-state index contributed by atoms with van der Waals surface area (Å²) in [6.07, 6.45) is 2.31. The normalized spacial score (nSPS) is 17.6. The lowest BCUT2D eigenvalue weighted by Crippen LogP contribution is -2.32. The average molecular weight is 366 g/mol. The fourth-order valence-electron chi connectivity index (χ4n) is 2.24. The average Bonchev–Trinajstić information content (AvgIpc) is 2.90. The predicted octanol–water partition coefficient (Wildman–Crippen LogP) is 2.67. The molecule has 1 amide bonds. The lowest BCUT2D eigenvalue weighted by Gasteiger charge is -2.10. The highest BCUT2D eigenvalue weighted by molar-refractivity contribution is 9.10. The summed E-state index contributed by atoms with van der Waals surface area (Å²) in [5.41, 5.74) is 0.694. The first-order valence-corrected chi connectivity index (χ1v) is 7.38. The van der Waals surface area contributed by atoms with Crippen LogP contribution < -0.4 is 10.6 Å². The zero-order valence-corrected chi connectivity index (χ0v) is 13.5. The predicted molar refractivity (Wildman–Crippen MR) is 83.7 cm³/mol. The number of carbonyl (C=O) groups is 1. The number of hydrogen-bond acceptors (Lipinski definition) is 2. The third-order valence-corrected chi connectivity index (χ3v) is 3.86. The van der Waals surface area contributed by atoms with E-state index in [0.717, 1.165) is 30.4 Å². The van der Waals surface area contributed by atoms with E-state index in [2.05, 4.69) is 26.6 Å². The highest BCUT2D eigenvalue weighted by Gasteiger charge is 2.21. The van der Waals surface area contributed by atoms with Crippen molar-refractivity contribution in [2.45, 2.75) is 19.3 Å². The number of aryl methyl sites for hydroxylation is 1. The Morgan fingerprint density at radius 1 is 1.50 bits per heavy atom. The molecule has 1 heterocycles. The van der Waals surface area contributed by atoms with E-state index < -0.39 is 0 Å². The van der Waals surface area contributed by atoms with Crippen molar-refractivity contribution in [2.24, 2.45) is 5.92 Å². The maximum Gasteiger partial charge on any atom is 0.224 e. The molecule has 1 unspecified atom stereocenters. The molecule has 3 nitrogen and oxygen atoms in total. The van der Waals surface area contributed by atoms with Gasteiger partial charge in [0.05, 0.1) is 5.92 Å². The molecule has 1 aliphatic rings. The van der Waals surface area contributed by atoms with Gasteiger partial charge in [-0.2, -0.15) is 0 Å². The van der Waals surface area contributed by atoms with Crippen molar-refractivity contribution in [1.29, 1.82) is 0 Å². The van der Waals surface area contributed by atoms with Crippen LogP contribution in [0.25, 0.3) is 0 Å². The fourth-order valence-corrected chi connectivity index (χ4v) is 2.57. The molecule has 1 atom stereocenters. The highest BCUT2D eigenvalue weighted by Crippen LogP contribution is 2.16. The van der Waals surface area contributed by atoms with Gasteiger partial charge < -0.3 is 10.6 Å². The molecule has 1 fully saturated rings. The first-order valence-electron chi connectivity index (χ1n) is 6.59. The molecule has 2 N–H and O–H groups in total. The van der Waals surface area contributed by atoms with Crippen LogP contribution in [0.1, 0.15) is 18.4 Å². The van der Waals surface area contributed by atoms with Gasteiger partial charge in [0.15, 0.2) is 0 Å². The van der Waals surface area contributed by atoms with Crippen molar-refractivity contribution in [3.8, 4) is 0 Å². The van der Waals surface area contributed by atoms with Gasteiger partial charge in [-0.25, -0.2) is 4.39 Å². The topological polar surface area (TPSA) is 41.1 Å². The van der Waals surface area contributed by atoms with Crippen LogP contribution in [0.3, 0.4) is 0 Å². The van der Waals surface area contributed by atoms with Gasteiger partial charge in [0.1, 0.15) is 5.82 Å². The lowest BCUT2D eigenvalue weighted by molar-refractivity contribution is -0.124. The fraction of sp³-hybridized carbons (Fsp3) is 0.500. The van der Waals surface area contributed by atoms with Crippen molar-refractivity contribution in [1.82, 2.24) is 10.6 Å². The van der Waals surface area contributed by atoms with Gasteiger partial charge in [0, 0.05) is 17.6 Å². The second kappa shape index (κ2) is 8.60. The van der Waals surface area contributed by atoms with Gasteiger partial charge in [-0.05, 0) is 43.5 Å². The summed E-state index contributed by atoms with van der Waals surface area (Å²) in [7, 11) is 0. The van der Waals surface area contributed by atoms with Gasteiger partial charge in [0.2, 0.25) is 5.91 Å². The van der Waals surface area contributed by atoms with Crippen LogP contribution in [0.2, 0.25) is 0 Å². The van der Waals surface area contributed by atoms with Crippen molar-refractivity contribution in [3.05, 3.63) is 34.1 Å². The SMILES string of the molecule is Cl.O=C(NCCCc1ccc(Br)cc1F)C1CCNC1. The van der Waals surface area contributed by atoms with E-state index >= 15 is 0 Å². The third kappa shape index (κ3) is 5.04. The third-order valence-electron chi connectivity index (χ3n) is 3.37. The van der Waals surface area contributed by atoms with Gasteiger partial charge in [0.25, 0.3) is 0 Å². The van der Waals surface area contributed by atoms with Crippen LogP contribution in [-0.4, -0.2) is 25.5 Å². The van der Waals surface area contributed by atoms with Crippen LogP contribution in [0.5, 0.6) is 0 Å². The number of halogens is 3. The zero-order valence-electron chi connectivity index (χ0n) is 11.1.